The van der Waals surface area contributed by atoms with Crippen LogP contribution >= 0.6 is 0 Å². The molecule has 2 unspecified atom stereocenters. The monoisotopic (exact) mass is 492 g/mol. The molecule has 0 fully saturated rings. The Hall–Kier alpha value is -3.10. The lowest BCUT2D eigenvalue weighted by Gasteiger charge is -2.36. The van der Waals surface area contributed by atoms with Crippen LogP contribution in [0.25, 0.3) is 0 Å². The van der Waals surface area contributed by atoms with Crippen LogP contribution in [0.4, 0.5) is 13.2 Å². The number of benzene rings is 3. The van der Waals surface area contributed by atoms with Gasteiger partial charge in [0, 0.05) is 19.1 Å². The Labute approximate surface area is 213 Å². The largest absolute Gasteiger partial charge is 0.416 e. The van der Waals surface area contributed by atoms with Gasteiger partial charge < -0.3 is 0 Å². The molecule has 0 saturated heterocycles. The molecule has 0 aliphatic heterocycles. The zero-order valence-corrected chi connectivity index (χ0v) is 21.3. The highest BCUT2D eigenvalue weighted by Crippen LogP contribution is 2.39. The summed E-state index contributed by atoms with van der Waals surface area (Å²) in [5.74, 6) is -0.0477. The van der Waals surface area contributed by atoms with Gasteiger partial charge >= 0.3 is 6.18 Å². The van der Waals surface area contributed by atoms with E-state index in [1.807, 2.05) is 50.2 Å². The van der Waals surface area contributed by atoms with Gasteiger partial charge in [0.25, 0.3) is 0 Å². The molecule has 0 spiro atoms. The maximum Gasteiger partial charge on any atom is 0.416 e. The van der Waals surface area contributed by atoms with E-state index in [4.69, 9.17) is 0 Å². The van der Waals surface area contributed by atoms with Crippen molar-refractivity contribution in [3.8, 4) is 6.07 Å². The number of halogens is 3. The van der Waals surface area contributed by atoms with Gasteiger partial charge in [0.05, 0.1) is 17.0 Å². The molecule has 0 N–H and O–H groups in total. The molecule has 3 aromatic carbocycles. The van der Waals surface area contributed by atoms with Crippen LogP contribution in [0.5, 0.6) is 0 Å². The summed E-state index contributed by atoms with van der Waals surface area (Å²) < 4.78 is 39.4. The van der Waals surface area contributed by atoms with Crippen molar-refractivity contribution in [2.24, 2.45) is 5.92 Å². The highest BCUT2D eigenvalue weighted by Gasteiger charge is 2.38. The van der Waals surface area contributed by atoms with Crippen molar-refractivity contribution >= 4 is 0 Å². The van der Waals surface area contributed by atoms with Crippen molar-refractivity contribution in [1.29, 1.82) is 5.26 Å². The van der Waals surface area contributed by atoms with E-state index in [9.17, 15) is 18.4 Å². The van der Waals surface area contributed by atoms with Crippen LogP contribution in [-0.4, -0.2) is 10.9 Å². The van der Waals surface area contributed by atoms with Gasteiger partial charge in [-0.05, 0) is 54.0 Å². The van der Waals surface area contributed by atoms with Crippen LogP contribution in [0.15, 0.2) is 84.9 Å². The highest BCUT2D eigenvalue weighted by molar-refractivity contribution is 5.36. The van der Waals surface area contributed by atoms with Gasteiger partial charge in [0.2, 0.25) is 0 Å². The van der Waals surface area contributed by atoms with Crippen LogP contribution < -0.4 is 0 Å². The maximum absolute atomic E-state index is 13.1. The average molecular weight is 493 g/mol. The summed E-state index contributed by atoms with van der Waals surface area (Å²) in [5.41, 5.74) is 1.56. The zero-order valence-electron chi connectivity index (χ0n) is 21.3. The quantitative estimate of drug-likeness (QED) is 0.269. The van der Waals surface area contributed by atoms with Gasteiger partial charge in [-0.3, -0.25) is 4.90 Å². The Morgan fingerprint density at radius 2 is 1.25 bits per heavy atom. The molecular weight excluding hydrogens is 457 g/mol. The summed E-state index contributed by atoms with van der Waals surface area (Å²) >= 11 is 0. The van der Waals surface area contributed by atoms with E-state index in [2.05, 4.69) is 42.2 Å². The topological polar surface area (TPSA) is 27.0 Å². The second kappa shape index (κ2) is 12.2. The van der Waals surface area contributed by atoms with Crippen LogP contribution in [0.2, 0.25) is 0 Å². The molecule has 3 rings (SSSR count). The molecule has 0 heterocycles. The Morgan fingerprint density at radius 3 is 1.64 bits per heavy atom. The first kappa shape index (κ1) is 27.5. The third-order valence-corrected chi connectivity index (χ3v) is 7.23. The number of rotatable bonds is 11. The van der Waals surface area contributed by atoms with Gasteiger partial charge in [-0.1, -0.05) is 93.6 Å². The van der Waals surface area contributed by atoms with E-state index in [1.54, 1.807) is 0 Å². The van der Waals surface area contributed by atoms with Crippen molar-refractivity contribution < 1.29 is 13.2 Å². The Kier molecular flexibility index (Phi) is 9.34. The fraction of sp³-hybridized carbons (Fsp3) is 0.387. The fourth-order valence-electron chi connectivity index (χ4n) is 4.96. The van der Waals surface area contributed by atoms with Crippen molar-refractivity contribution in [1.82, 2.24) is 4.90 Å². The molecule has 0 aliphatic carbocycles. The molecule has 2 atom stereocenters. The van der Waals surface area contributed by atoms with Gasteiger partial charge in [-0.2, -0.15) is 18.4 Å². The lowest BCUT2D eigenvalue weighted by Crippen LogP contribution is -2.37. The molecule has 0 aliphatic rings. The Balaban J connectivity index is 1.87. The van der Waals surface area contributed by atoms with Gasteiger partial charge in [0.1, 0.15) is 0 Å². The number of nitriles is 1. The van der Waals surface area contributed by atoms with Crippen molar-refractivity contribution in [3.05, 3.63) is 107 Å². The summed E-state index contributed by atoms with van der Waals surface area (Å²) in [6.45, 7) is 7.70. The van der Waals surface area contributed by atoms with E-state index in [0.717, 1.165) is 38.1 Å². The molecule has 0 saturated carbocycles. The minimum Gasteiger partial charge on any atom is -0.292 e. The Bertz CT molecular complexity index is 1060. The molecule has 0 amide bonds. The number of nitrogens with zero attached hydrogens (tertiary/aromatic N) is 2. The predicted octanol–water partition coefficient (Wildman–Crippen LogP) is 8.38. The zero-order chi connectivity index (χ0) is 26.2. The van der Waals surface area contributed by atoms with Gasteiger partial charge in [-0.15, -0.1) is 0 Å². The first-order valence-electron chi connectivity index (χ1n) is 12.6. The summed E-state index contributed by atoms with van der Waals surface area (Å²) in [7, 11) is 0. The normalized spacial score (nSPS) is 14.4. The minimum atomic E-state index is -4.39. The predicted molar refractivity (Wildman–Crippen MR) is 139 cm³/mol. The lowest BCUT2D eigenvalue weighted by molar-refractivity contribution is -0.137. The van der Waals surface area contributed by atoms with Crippen molar-refractivity contribution in [2.75, 3.05) is 0 Å². The van der Waals surface area contributed by atoms with Crippen LogP contribution in [-0.2, 0) is 24.7 Å². The maximum atomic E-state index is 13.1. The minimum absolute atomic E-state index is 0.0477. The van der Waals surface area contributed by atoms with Crippen LogP contribution in [0, 0.1) is 17.2 Å². The number of alkyl halides is 3. The molecule has 0 radical (unpaired) electrons. The van der Waals surface area contributed by atoms with E-state index >= 15 is 0 Å². The lowest BCUT2D eigenvalue weighted by atomic mass is 9.69. The standard InChI is InChI=1S/C31H35F3N2/c1-4-29(36(21-25-11-7-5-8-12-25)22-26-13-9-6-10-14-26)19-20-30(23-35,24(2)3)27-15-17-28(18-16-27)31(32,33)34/h5-18,24,29H,4,19-22H2,1-3H3. The van der Waals surface area contributed by atoms with Gasteiger partial charge in [0.15, 0.2) is 0 Å². The molecule has 3 aromatic rings. The summed E-state index contributed by atoms with van der Waals surface area (Å²) in [6.07, 6.45) is -2.14. The summed E-state index contributed by atoms with van der Waals surface area (Å²) in [4.78, 5) is 2.46. The first-order chi connectivity index (χ1) is 17.2. The van der Waals surface area contributed by atoms with E-state index in [-0.39, 0.29) is 12.0 Å². The molecule has 0 bridgehead atoms. The van der Waals surface area contributed by atoms with Gasteiger partial charge in [-0.25, -0.2) is 0 Å². The third-order valence-electron chi connectivity index (χ3n) is 7.23. The van der Waals surface area contributed by atoms with E-state index in [0.29, 0.717) is 12.0 Å². The average Bonchev–Trinajstić information content (AvgIpc) is 2.87. The van der Waals surface area contributed by atoms with E-state index < -0.39 is 17.2 Å². The molecular formula is C31H35F3N2. The van der Waals surface area contributed by atoms with Crippen molar-refractivity contribution in [2.45, 2.75) is 70.8 Å². The smallest absolute Gasteiger partial charge is 0.292 e. The second-order valence-electron chi connectivity index (χ2n) is 9.79. The number of hydrogen-bond donors (Lipinski definition) is 0. The van der Waals surface area contributed by atoms with Crippen LogP contribution in [0.3, 0.4) is 0 Å². The third kappa shape index (κ3) is 6.77. The molecule has 5 heteroatoms. The molecule has 36 heavy (non-hydrogen) atoms. The molecule has 0 aromatic heterocycles. The fourth-order valence-corrected chi connectivity index (χ4v) is 4.96. The SMILES string of the molecule is CCC(CCC(C#N)(c1ccc(C(F)(F)F)cc1)C(C)C)N(Cc1ccccc1)Cc1ccccc1. The first-order valence-corrected chi connectivity index (χ1v) is 12.6. The Morgan fingerprint density at radius 1 is 0.778 bits per heavy atom. The van der Waals surface area contributed by atoms with E-state index in [1.165, 1.54) is 23.3 Å². The molecule has 2 nitrogen and oxygen atoms in total. The highest BCUT2D eigenvalue weighted by atomic mass is 19.4. The molecule has 190 valence electrons. The van der Waals surface area contributed by atoms with Crippen molar-refractivity contribution in [3.63, 3.8) is 0 Å². The number of hydrogen-bond acceptors (Lipinski definition) is 2. The second-order valence-corrected chi connectivity index (χ2v) is 9.79. The summed E-state index contributed by atoms with van der Waals surface area (Å²) in [6, 6.07) is 28.6. The summed E-state index contributed by atoms with van der Waals surface area (Å²) in [5, 5.41) is 10.3. The van der Waals surface area contributed by atoms with Crippen LogP contribution in [0.1, 0.15) is 62.3 Å².